The molecule has 1 aliphatic carbocycles. The molecule has 1 heterocycles. The van der Waals surface area contributed by atoms with E-state index in [0.29, 0.717) is 18.5 Å². The van der Waals surface area contributed by atoms with Crippen molar-refractivity contribution < 1.29 is 9.53 Å². The third-order valence-corrected chi connectivity index (χ3v) is 3.63. The van der Waals surface area contributed by atoms with Crippen LogP contribution in [0, 0.1) is 11.3 Å². The molecule has 1 fully saturated rings. The molecule has 1 aliphatic rings. The van der Waals surface area contributed by atoms with E-state index in [-0.39, 0.29) is 5.97 Å². The fourth-order valence-corrected chi connectivity index (χ4v) is 2.34. The lowest BCUT2D eigenvalue weighted by Gasteiger charge is -2.12. The zero-order chi connectivity index (χ0) is 14.2. The molecule has 5 nitrogen and oxygen atoms in total. The fourth-order valence-electron chi connectivity index (χ4n) is 2.34. The molecule has 1 saturated carbocycles. The van der Waals surface area contributed by atoms with Gasteiger partial charge in [0.25, 0.3) is 0 Å². The number of methoxy groups -OCH3 is 1. The number of ether oxygens (including phenoxy) is 1. The van der Waals surface area contributed by atoms with Crippen LogP contribution in [0.2, 0.25) is 0 Å². The second-order valence-corrected chi connectivity index (χ2v) is 4.84. The van der Waals surface area contributed by atoms with Crippen LogP contribution in [0.1, 0.15) is 18.5 Å². The van der Waals surface area contributed by atoms with Crippen molar-refractivity contribution in [3.8, 4) is 17.2 Å². The fraction of sp³-hybridized carbons (Fsp3) is 0.267. The van der Waals surface area contributed by atoms with Crippen LogP contribution in [-0.2, 0) is 15.1 Å². The molecule has 0 saturated heterocycles. The van der Waals surface area contributed by atoms with Gasteiger partial charge in [-0.15, -0.1) is 0 Å². The van der Waals surface area contributed by atoms with Gasteiger partial charge >= 0.3 is 5.97 Å². The molecule has 1 aromatic heterocycles. The minimum Gasteiger partial charge on any atom is -0.467 e. The predicted octanol–water partition coefficient (Wildman–Crippen LogP) is 2.08. The lowest BCUT2D eigenvalue weighted by molar-refractivity contribution is -0.146. The molecule has 0 atom stereocenters. The Kier molecular flexibility index (Phi) is 2.79. The van der Waals surface area contributed by atoms with Crippen molar-refractivity contribution in [2.75, 3.05) is 7.11 Å². The normalized spacial score (nSPS) is 15.4. The molecule has 0 amide bonds. The minimum absolute atomic E-state index is 0.302. The highest BCUT2D eigenvalue weighted by Crippen LogP contribution is 2.45. The Bertz CT molecular complexity index is 694. The first kappa shape index (κ1) is 12.4. The van der Waals surface area contributed by atoms with Crippen LogP contribution >= 0.6 is 0 Å². The Balaban J connectivity index is 2.07. The third kappa shape index (κ3) is 1.77. The van der Waals surface area contributed by atoms with Crippen molar-refractivity contribution >= 4 is 5.97 Å². The third-order valence-electron chi connectivity index (χ3n) is 3.63. The Labute approximate surface area is 116 Å². The second-order valence-electron chi connectivity index (χ2n) is 4.84. The van der Waals surface area contributed by atoms with E-state index in [4.69, 9.17) is 4.74 Å². The number of hydrogen-bond acceptors (Lipinski definition) is 4. The predicted molar refractivity (Wildman–Crippen MR) is 71.6 cm³/mol. The molecular weight excluding hydrogens is 254 g/mol. The molecule has 5 heteroatoms. The van der Waals surface area contributed by atoms with Crippen molar-refractivity contribution in [1.82, 2.24) is 9.78 Å². The summed E-state index contributed by atoms with van der Waals surface area (Å²) in [5, 5.41) is 13.5. The van der Waals surface area contributed by atoms with Crippen LogP contribution in [0.4, 0.5) is 0 Å². The average Bonchev–Trinajstić information content (AvgIpc) is 3.20. The van der Waals surface area contributed by atoms with Gasteiger partial charge in [-0.2, -0.15) is 10.4 Å². The number of esters is 1. The van der Waals surface area contributed by atoms with E-state index >= 15 is 0 Å². The number of hydrogen-bond donors (Lipinski definition) is 0. The number of carbonyl (C=O) groups is 1. The van der Waals surface area contributed by atoms with Gasteiger partial charge in [-0.1, -0.05) is 30.3 Å². The van der Waals surface area contributed by atoms with Gasteiger partial charge in [0.1, 0.15) is 6.07 Å². The summed E-state index contributed by atoms with van der Waals surface area (Å²) in [6.07, 6.45) is 3.15. The number of rotatable bonds is 3. The van der Waals surface area contributed by atoms with Crippen molar-refractivity contribution in [2.45, 2.75) is 18.4 Å². The van der Waals surface area contributed by atoms with Crippen LogP contribution in [0.3, 0.4) is 0 Å². The van der Waals surface area contributed by atoms with Crippen molar-refractivity contribution in [3.63, 3.8) is 0 Å². The first-order chi connectivity index (χ1) is 9.71. The van der Waals surface area contributed by atoms with E-state index < -0.39 is 5.54 Å². The van der Waals surface area contributed by atoms with E-state index in [1.807, 2.05) is 30.3 Å². The molecule has 20 heavy (non-hydrogen) atoms. The highest BCUT2D eigenvalue weighted by atomic mass is 16.5. The molecule has 3 rings (SSSR count). The lowest BCUT2D eigenvalue weighted by atomic mass is 10.1. The van der Waals surface area contributed by atoms with Gasteiger partial charge in [0, 0.05) is 11.8 Å². The highest BCUT2D eigenvalue weighted by molar-refractivity contribution is 5.82. The maximum atomic E-state index is 11.9. The van der Waals surface area contributed by atoms with Crippen molar-refractivity contribution in [3.05, 3.63) is 42.2 Å². The Morgan fingerprint density at radius 2 is 2.10 bits per heavy atom. The second kappa shape index (κ2) is 4.49. The molecule has 2 aromatic rings. The van der Waals surface area contributed by atoms with E-state index in [2.05, 4.69) is 11.2 Å². The molecule has 0 bridgehead atoms. The summed E-state index contributed by atoms with van der Waals surface area (Å²) in [6, 6.07) is 11.6. The van der Waals surface area contributed by atoms with Crippen molar-refractivity contribution in [2.24, 2.45) is 0 Å². The van der Waals surface area contributed by atoms with Gasteiger partial charge < -0.3 is 4.74 Å². The van der Waals surface area contributed by atoms with Gasteiger partial charge in [0.15, 0.2) is 11.2 Å². The Hall–Kier alpha value is -2.61. The lowest BCUT2D eigenvalue weighted by Crippen LogP contribution is -2.29. The van der Waals surface area contributed by atoms with Crippen molar-refractivity contribution in [1.29, 1.82) is 5.26 Å². The summed E-state index contributed by atoms with van der Waals surface area (Å²) in [6.45, 7) is 0. The number of nitriles is 1. The van der Waals surface area contributed by atoms with Crippen LogP contribution in [0.25, 0.3) is 11.1 Å². The molecule has 0 N–H and O–H groups in total. The summed E-state index contributed by atoms with van der Waals surface area (Å²) in [5.74, 6) is -0.302. The summed E-state index contributed by atoms with van der Waals surface area (Å²) in [4.78, 5) is 11.9. The summed E-state index contributed by atoms with van der Waals surface area (Å²) < 4.78 is 6.42. The summed E-state index contributed by atoms with van der Waals surface area (Å²) in [5.41, 5.74) is 1.26. The molecular formula is C15H13N3O2. The number of aromatic nitrogens is 2. The summed E-state index contributed by atoms with van der Waals surface area (Å²) >= 11 is 0. The quantitative estimate of drug-likeness (QED) is 0.798. The standard InChI is InChI=1S/C15H13N3O2/c1-20-14(19)15(7-8-15)18-10-12(13(9-16)17-18)11-5-3-2-4-6-11/h2-6,10H,7-8H2,1H3. The van der Waals surface area contributed by atoms with Crippen LogP contribution in [-0.4, -0.2) is 22.9 Å². The van der Waals surface area contributed by atoms with Crippen LogP contribution in [0.15, 0.2) is 36.5 Å². The maximum Gasteiger partial charge on any atom is 0.333 e. The number of nitrogens with zero attached hydrogens (tertiary/aromatic N) is 3. The molecule has 0 spiro atoms. The molecule has 100 valence electrons. The minimum atomic E-state index is -0.715. The van der Waals surface area contributed by atoms with Gasteiger partial charge in [0.2, 0.25) is 0 Å². The van der Waals surface area contributed by atoms with E-state index in [1.165, 1.54) is 7.11 Å². The average molecular weight is 267 g/mol. The smallest absolute Gasteiger partial charge is 0.333 e. The topological polar surface area (TPSA) is 67.9 Å². The van der Waals surface area contributed by atoms with E-state index in [1.54, 1.807) is 10.9 Å². The molecule has 0 radical (unpaired) electrons. The number of carbonyl (C=O) groups excluding carboxylic acids is 1. The first-order valence-electron chi connectivity index (χ1n) is 6.35. The highest BCUT2D eigenvalue weighted by Gasteiger charge is 2.54. The van der Waals surface area contributed by atoms with Crippen LogP contribution < -0.4 is 0 Å². The van der Waals surface area contributed by atoms with E-state index in [9.17, 15) is 10.1 Å². The maximum absolute atomic E-state index is 11.9. The zero-order valence-electron chi connectivity index (χ0n) is 11.0. The van der Waals surface area contributed by atoms with Gasteiger partial charge in [-0.3, -0.25) is 4.68 Å². The van der Waals surface area contributed by atoms with Gasteiger partial charge in [-0.25, -0.2) is 4.79 Å². The molecule has 1 aromatic carbocycles. The monoisotopic (exact) mass is 267 g/mol. The SMILES string of the molecule is COC(=O)C1(n2cc(-c3ccccc3)c(C#N)n2)CC1. The van der Waals surface area contributed by atoms with Gasteiger partial charge in [-0.05, 0) is 18.4 Å². The van der Waals surface area contributed by atoms with Gasteiger partial charge in [0.05, 0.1) is 7.11 Å². The molecule has 0 unspecified atom stereocenters. The largest absolute Gasteiger partial charge is 0.467 e. The first-order valence-corrected chi connectivity index (χ1v) is 6.35. The Morgan fingerprint density at radius 3 is 2.65 bits per heavy atom. The van der Waals surface area contributed by atoms with E-state index in [0.717, 1.165) is 11.1 Å². The Morgan fingerprint density at radius 1 is 1.40 bits per heavy atom. The van der Waals surface area contributed by atoms with Crippen LogP contribution in [0.5, 0.6) is 0 Å². The molecule has 0 aliphatic heterocycles. The summed E-state index contributed by atoms with van der Waals surface area (Å²) in [7, 11) is 1.37. The number of benzene rings is 1. The zero-order valence-corrected chi connectivity index (χ0v) is 11.0.